The van der Waals surface area contributed by atoms with Crippen molar-refractivity contribution in [1.82, 2.24) is 14.7 Å². The number of nitro benzene ring substituents is 1. The maximum absolute atomic E-state index is 12.5. The summed E-state index contributed by atoms with van der Waals surface area (Å²) in [7, 11) is 0. The average Bonchev–Trinajstić information content (AvgIpc) is 2.97. The summed E-state index contributed by atoms with van der Waals surface area (Å²) < 4.78 is 0. The lowest BCUT2D eigenvalue weighted by atomic mass is 10.0. The highest BCUT2D eigenvalue weighted by Crippen LogP contribution is 2.26. The molecular formula is C19H25N5O4. The zero-order valence-corrected chi connectivity index (χ0v) is 15.8. The summed E-state index contributed by atoms with van der Waals surface area (Å²) in [6.45, 7) is 5.12. The molecule has 28 heavy (non-hydrogen) atoms. The van der Waals surface area contributed by atoms with Crippen LogP contribution in [0.2, 0.25) is 0 Å². The summed E-state index contributed by atoms with van der Waals surface area (Å²) in [5.41, 5.74) is 1.07. The molecule has 0 saturated carbocycles. The van der Waals surface area contributed by atoms with Crippen LogP contribution in [-0.2, 0) is 4.79 Å². The molecule has 0 bridgehead atoms. The van der Waals surface area contributed by atoms with Gasteiger partial charge < -0.3 is 9.80 Å². The summed E-state index contributed by atoms with van der Waals surface area (Å²) in [5, 5.41) is 10.8. The fourth-order valence-electron chi connectivity index (χ4n) is 4.31. The van der Waals surface area contributed by atoms with Gasteiger partial charge in [-0.2, -0.15) is 0 Å². The SMILES string of the molecule is O=C1[C@@H]2CCCCN2C(=O)N1CCN1CCN(c2ccc([N+](=O)[O-])cc2)CC1. The molecule has 1 aromatic rings. The number of piperazine rings is 1. The molecular weight excluding hydrogens is 362 g/mol. The van der Waals surface area contributed by atoms with Crippen LogP contribution >= 0.6 is 0 Å². The van der Waals surface area contributed by atoms with Gasteiger partial charge in [-0.1, -0.05) is 0 Å². The molecule has 3 saturated heterocycles. The number of carbonyl (C=O) groups excluding carboxylic acids is 2. The van der Waals surface area contributed by atoms with Gasteiger partial charge >= 0.3 is 6.03 Å². The molecule has 3 amide bonds. The lowest BCUT2D eigenvalue weighted by molar-refractivity contribution is -0.384. The number of imide groups is 1. The molecule has 1 atom stereocenters. The van der Waals surface area contributed by atoms with E-state index in [0.29, 0.717) is 19.6 Å². The van der Waals surface area contributed by atoms with Gasteiger partial charge in [0.05, 0.1) is 4.92 Å². The van der Waals surface area contributed by atoms with Crippen LogP contribution in [0.3, 0.4) is 0 Å². The third-order valence-electron chi connectivity index (χ3n) is 5.97. The Hall–Kier alpha value is -2.68. The first-order valence-corrected chi connectivity index (χ1v) is 9.88. The van der Waals surface area contributed by atoms with E-state index in [1.807, 2.05) is 0 Å². The highest BCUT2D eigenvalue weighted by molar-refractivity contribution is 6.04. The monoisotopic (exact) mass is 387 g/mol. The minimum absolute atomic E-state index is 0.0331. The Morgan fingerprint density at radius 1 is 0.964 bits per heavy atom. The molecule has 3 heterocycles. The highest BCUT2D eigenvalue weighted by Gasteiger charge is 2.45. The van der Waals surface area contributed by atoms with Gasteiger partial charge in [0.1, 0.15) is 6.04 Å². The van der Waals surface area contributed by atoms with Gasteiger partial charge in [0.25, 0.3) is 11.6 Å². The fraction of sp³-hybridized carbons (Fsp3) is 0.579. The molecule has 0 unspecified atom stereocenters. The van der Waals surface area contributed by atoms with E-state index in [1.54, 1.807) is 17.0 Å². The van der Waals surface area contributed by atoms with Gasteiger partial charge in [-0.25, -0.2) is 4.79 Å². The Kier molecular flexibility index (Phi) is 5.17. The first-order valence-electron chi connectivity index (χ1n) is 9.88. The summed E-state index contributed by atoms with van der Waals surface area (Å²) in [5.74, 6) is -0.0331. The van der Waals surface area contributed by atoms with Crippen molar-refractivity contribution in [3.8, 4) is 0 Å². The van der Waals surface area contributed by atoms with E-state index in [-0.39, 0.29) is 23.7 Å². The number of fused-ring (bicyclic) bond motifs is 1. The lowest BCUT2D eigenvalue weighted by Gasteiger charge is -2.36. The maximum Gasteiger partial charge on any atom is 0.327 e. The van der Waals surface area contributed by atoms with Crippen LogP contribution in [0.4, 0.5) is 16.2 Å². The first-order chi connectivity index (χ1) is 13.5. The van der Waals surface area contributed by atoms with Crippen molar-refractivity contribution in [2.45, 2.75) is 25.3 Å². The number of hydrogen-bond donors (Lipinski definition) is 0. The molecule has 9 nitrogen and oxygen atoms in total. The Morgan fingerprint density at radius 3 is 2.32 bits per heavy atom. The molecule has 0 spiro atoms. The molecule has 4 rings (SSSR count). The van der Waals surface area contributed by atoms with E-state index >= 15 is 0 Å². The normalized spacial score (nSPS) is 23.3. The number of piperidine rings is 1. The smallest absolute Gasteiger partial charge is 0.327 e. The molecule has 3 aliphatic heterocycles. The number of non-ortho nitro benzene ring substituents is 1. The van der Waals surface area contributed by atoms with Gasteiger partial charge in [0.2, 0.25) is 0 Å². The Balaban J connectivity index is 1.27. The van der Waals surface area contributed by atoms with E-state index in [2.05, 4.69) is 9.80 Å². The van der Waals surface area contributed by atoms with Crippen molar-refractivity contribution in [3.63, 3.8) is 0 Å². The zero-order chi connectivity index (χ0) is 19.7. The molecule has 9 heteroatoms. The quantitative estimate of drug-likeness (QED) is 0.432. The van der Waals surface area contributed by atoms with Crippen LogP contribution in [0.1, 0.15) is 19.3 Å². The van der Waals surface area contributed by atoms with Crippen molar-refractivity contribution < 1.29 is 14.5 Å². The first kappa shape index (κ1) is 18.7. The van der Waals surface area contributed by atoms with Crippen molar-refractivity contribution >= 4 is 23.3 Å². The summed E-state index contributed by atoms with van der Waals surface area (Å²) >= 11 is 0. The van der Waals surface area contributed by atoms with E-state index in [9.17, 15) is 19.7 Å². The third kappa shape index (κ3) is 3.54. The number of nitro groups is 1. The van der Waals surface area contributed by atoms with Gasteiger partial charge in [0.15, 0.2) is 0 Å². The summed E-state index contributed by atoms with van der Waals surface area (Å²) in [6, 6.07) is 6.26. The molecule has 150 valence electrons. The molecule has 3 fully saturated rings. The van der Waals surface area contributed by atoms with E-state index in [0.717, 1.165) is 51.1 Å². The number of hydrogen-bond acceptors (Lipinski definition) is 6. The zero-order valence-electron chi connectivity index (χ0n) is 15.8. The molecule has 3 aliphatic rings. The Morgan fingerprint density at radius 2 is 1.68 bits per heavy atom. The minimum atomic E-state index is -0.393. The van der Waals surface area contributed by atoms with Crippen LogP contribution in [-0.4, -0.2) is 83.4 Å². The van der Waals surface area contributed by atoms with Gasteiger partial charge in [-0.15, -0.1) is 0 Å². The molecule has 0 aromatic heterocycles. The van der Waals surface area contributed by atoms with Gasteiger partial charge in [-0.05, 0) is 31.4 Å². The Labute approximate surface area is 163 Å². The number of carbonyl (C=O) groups is 2. The van der Waals surface area contributed by atoms with E-state index in [4.69, 9.17) is 0 Å². The van der Waals surface area contributed by atoms with Crippen molar-refractivity contribution in [3.05, 3.63) is 34.4 Å². The highest BCUT2D eigenvalue weighted by atomic mass is 16.6. The number of rotatable bonds is 5. The van der Waals surface area contributed by atoms with Crippen molar-refractivity contribution in [2.75, 3.05) is 50.7 Å². The summed E-state index contributed by atoms with van der Waals surface area (Å²) in [6.07, 6.45) is 2.78. The topological polar surface area (TPSA) is 90.2 Å². The van der Waals surface area contributed by atoms with Crippen LogP contribution in [0.5, 0.6) is 0 Å². The number of anilines is 1. The molecule has 0 N–H and O–H groups in total. The second kappa shape index (κ2) is 7.75. The number of amides is 3. The second-order valence-electron chi connectivity index (χ2n) is 7.58. The van der Waals surface area contributed by atoms with Crippen LogP contribution in [0.15, 0.2) is 24.3 Å². The number of nitrogens with zero attached hydrogens (tertiary/aromatic N) is 5. The summed E-state index contributed by atoms with van der Waals surface area (Å²) in [4.78, 5) is 43.0. The van der Waals surface area contributed by atoms with Crippen molar-refractivity contribution in [1.29, 1.82) is 0 Å². The van der Waals surface area contributed by atoms with Crippen LogP contribution in [0, 0.1) is 10.1 Å². The predicted octanol–water partition coefficient (Wildman–Crippen LogP) is 1.53. The maximum atomic E-state index is 12.5. The largest absolute Gasteiger partial charge is 0.369 e. The Bertz CT molecular complexity index is 736. The van der Waals surface area contributed by atoms with E-state index < -0.39 is 4.92 Å². The fourth-order valence-corrected chi connectivity index (χ4v) is 4.31. The molecule has 0 radical (unpaired) electrons. The lowest BCUT2D eigenvalue weighted by Crippen LogP contribution is -2.49. The van der Waals surface area contributed by atoms with Gasteiger partial charge in [0, 0.05) is 63.6 Å². The van der Waals surface area contributed by atoms with Gasteiger partial charge in [-0.3, -0.25) is 24.7 Å². The third-order valence-corrected chi connectivity index (χ3v) is 5.97. The van der Waals surface area contributed by atoms with Crippen LogP contribution in [0.25, 0.3) is 0 Å². The molecule has 1 aromatic carbocycles. The minimum Gasteiger partial charge on any atom is -0.369 e. The standard InChI is InChI=1S/C19H25N5O4/c25-18-17-3-1-2-8-22(17)19(26)23(18)14-11-20-9-12-21(13-10-20)15-4-6-16(7-5-15)24(27)28/h4-7,17H,1-3,8-14H2/t17-/m0/s1. The number of urea groups is 1. The van der Waals surface area contributed by atoms with E-state index in [1.165, 1.54) is 17.0 Å². The number of benzene rings is 1. The van der Waals surface area contributed by atoms with Crippen molar-refractivity contribution in [2.24, 2.45) is 0 Å². The van der Waals surface area contributed by atoms with Crippen LogP contribution < -0.4 is 4.90 Å². The predicted molar refractivity (Wildman–Crippen MR) is 103 cm³/mol. The molecule has 0 aliphatic carbocycles. The second-order valence-corrected chi connectivity index (χ2v) is 7.58. The average molecular weight is 387 g/mol.